The van der Waals surface area contributed by atoms with E-state index in [9.17, 15) is 4.79 Å². The summed E-state index contributed by atoms with van der Waals surface area (Å²) in [6.45, 7) is 8.23. The van der Waals surface area contributed by atoms with E-state index in [1.165, 1.54) is 0 Å². The van der Waals surface area contributed by atoms with Crippen molar-refractivity contribution in [1.29, 1.82) is 0 Å². The number of carbonyl (C=O) groups is 1. The van der Waals surface area contributed by atoms with Crippen LogP contribution in [0.4, 0.5) is 4.79 Å². The Morgan fingerprint density at radius 1 is 1.36 bits per heavy atom. The molecule has 1 N–H and O–H groups in total. The largest absolute Gasteiger partial charge is 0.443 e. The lowest BCUT2D eigenvalue weighted by atomic mass is 10.2. The first-order valence-electron chi connectivity index (χ1n) is 4.80. The Balaban J connectivity index is 2.25. The fourth-order valence-electron chi connectivity index (χ4n) is 1.11. The molecule has 1 rings (SSSR count). The van der Waals surface area contributed by atoms with E-state index in [4.69, 9.17) is 9.47 Å². The minimum atomic E-state index is -0.448. The summed E-state index contributed by atoms with van der Waals surface area (Å²) in [6.07, 6.45) is -0.403. The van der Waals surface area contributed by atoms with Crippen LogP contribution in [0.5, 0.6) is 0 Å². The Morgan fingerprint density at radius 3 is 2.43 bits per heavy atom. The normalized spacial score (nSPS) is 19.1. The zero-order valence-electron chi connectivity index (χ0n) is 9.00. The van der Waals surface area contributed by atoms with Crippen LogP contribution in [0.3, 0.4) is 0 Å². The Labute approximate surface area is 84.3 Å². The highest BCUT2D eigenvalue weighted by Crippen LogP contribution is 2.06. The average Bonchev–Trinajstić information content (AvgIpc) is 2.02. The number of morpholine rings is 1. The van der Waals surface area contributed by atoms with Crippen molar-refractivity contribution in [3.8, 4) is 0 Å². The van der Waals surface area contributed by atoms with Crippen molar-refractivity contribution in [3.63, 3.8) is 0 Å². The van der Waals surface area contributed by atoms with Gasteiger partial charge < -0.3 is 9.47 Å². The van der Waals surface area contributed by atoms with Gasteiger partial charge in [-0.2, -0.15) is 0 Å². The number of hydrogen-bond donors (Lipinski definition) is 1. The molecule has 0 bridgehead atoms. The molecule has 0 aliphatic carbocycles. The van der Waals surface area contributed by atoms with E-state index >= 15 is 0 Å². The topological polar surface area (TPSA) is 50.8 Å². The van der Waals surface area contributed by atoms with Crippen molar-refractivity contribution >= 4 is 6.09 Å². The molecule has 82 valence electrons. The lowest BCUT2D eigenvalue weighted by molar-refractivity contribution is -0.00593. The third kappa shape index (κ3) is 4.43. The van der Waals surface area contributed by atoms with Crippen molar-refractivity contribution in [2.45, 2.75) is 26.4 Å². The van der Waals surface area contributed by atoms with E-state index in [0.717, 1.165) is 0 Å². The molecule has 1 fully saturated rings. The van der Waals surface area contributed by atoms with Crippen molar-refractivity contribution in [1.82, 2.24) is 10.4 Å². The molecule has 0 saturated carbocycles. The predicted molar refractivity (Wildman–Crippen MR) is 51.8 cm³/mol. The van der Waals surface area contributed by atoms with Gasteiger partial charge in [0.1, 0.15) is 5.60 Å². The van der Waals surface area contributed by atoms with E-state index in [0.29, 0.717) is 26.3 Å². The quantitative estimate of drug-likeness (QED) is 0.682. The number of hydrazine groups is 1. The van der Waals surface area contributed by atoms with Crippen LogP contribution >= 0.6 is 0 Å². The van der Waals surface area contributed by atoms with Crippen LogP contribution in [0, 0.1) is 0 Å². The molecule has 0 unspecified atom stereocenters. The van der Waals surface area contributed by atoms with Gasteiger partial charge >= 0.3 is 6.09 Å². The Bertz CT molecular complexity index is 195. The molecule has 14 heavy (non-hydrogen) atoms. The number of ether oxygens (including phenoxy) is 2. The molecule has 1 heterocycles. The minimum absolute atomic E-state index is 0.403. The summed E-state index contributed by atoms with van der Waals surface area (Å²) in [5.74, 6) is 0. The van der Waals surface area contributed by atoms with E-state index in [1.54, 1.807) is 5.01 Å². The molecule has 5 heteroatoms. The molecule has 0 radical (unpaired) electrons. The highest BCUT2D eigenvalue weighted by atomic mass is 16.6. The third-order valence-electron chi connectivity index (χ3n) is 1.66. The van der Waals surface area contributed by atoms with Gasteiger partial charge in [0.25, 0.3) is 0 Å². The maximum Gasteiger partial charge on any atom is 0.422 e. The van der Waals surface area contributed by atoms with Gasteiger partial charge in [-0.05, 0) is 20.8 Å². The second-order valence-corrected chi connectivity index (χ2v) is 4.21. The van der Waals surface area contributed by atoms with Crippen molar-refractivity contribution in [2.75, 3.05) is 26.3 Å². The molecule has 0 spiro atoms. The standard InChI is InChI=1S/C9H18N2O3/c1-9(2,3)14-8(12)10-11-4-6-13-7-5-11/h4-7H2,1-3H3,(H,10,12). The Hall–Kier alpha value is -0.810. The fraction of sp³-hybridized carbons (Fsp3) is 0.889. The maximum absolute atomic E-state index is 11.3. The lowest BCUT2D eigenvalue weighted by Crippen LogP contribution is -2.49. The highest BCUT2D eigenvalue weighted by Gasteiger charge is 2.19. The summed E-state index contributed by atoms with van der Waals surface area (Å²) in [7, 11) is 0. The van der Waals surface area contributed by atoms with E-state index in [-0.39, 0.29) is 0 Å². The van der Waals surface area contributed by atoms with E-state index in [1.807, 2.05) is 20.8 Å². The molecule has 1 aliphatic rings. The van der Waals surface area contributed by atoms with Crippen LogP contribution < -0.4 is 5.43 Å². The first-order valence-corrected chi connectivity index (χ1v) is 4.80. The summed E-state index contributed by atoms with van der Waals surface area (Å²) < 4.78 is 10.3. The molecule has 1 saturated heterocycles. The van der Waals surface area contributed by atoms with Gasteiger partial charge in [0, 0.05) is 13.1 Å². The molecule has 1 amide bonds. The monoisotopic (exact) mass is 202 g/mol. The number of rotatable bonds is 1. The molecule has 0 aromatic heterocycles. The molecule has 1 aliphatic heterocycles. The Kier molecular flexibility index (Phi) is 3.71. The van der Waals surface area contributed by atoms with Crippen LogP contribution in [0.25, 0.3) is 0 Å². The number of carbonyl (C=O) groups excluding carboxylic acids is 1. The van der Waals surface area contributed by atoms with Crippen molar-refractivity contribution in [2.24, 2.45) is 0 Å². The van der Waals surface area contributed by atoms with Gasteiger partial charge in [-0.25, -0.2) is 9.80 Å². The van der Waals surface area contributed by atoms with Crippen LogP contribution in [0.15, 0.2) is 0 Å². The van der Waals surface area contributed by atoms with Crippen LogP contribution in [-0.2, 0) is 9.47 Å². The van der Waals surface area contributed by atoms with E-state index in [2.05, 4.69) is 5.43 Å². The van der Waals surface area contributed by atoms with Gasteiger partial charge in [-0.3, -0.25) is 5.43 Å². The van der Waals surface area contributed by atoms with Crippen LogP contribution in [0.2, 0.25) is 0 Å². The zero-order valence-corrected chi connectivity index (χ0v) is 9.00. The summed E-state index contributed by atoms with van der Waals surface area (Å²) in [5, 5.41) is 1.80. The molecular formula is C9H18N2O3. The van der Waals surface area contributed by atoms with Crippen molar-refractivity contribution in [3.05, 3.63) is 0 Å². The molecule has 0 atom stereocenters. The van der Waals surface area contributed by atoms with Gasteiger partial charge in [-0.1, -0.05) is 0 Å². The van der Waals surface area contributed by atoms with Crippen LogP contribution in [-0.4, -0.2) is 43.0 Å². The molecule has 5 nitrogen and oxygen atoms in total. The summed E-state index contributed by atoms with van der Waals surface area (Å²) in [4.78, 5) is 11.3. The summed E-state index contributed by atoms with van der Waals surface area (Å²) >= 11 is 0. The number of nitrogens with one attached hydrogen (secondary N) is 1. The first kappa shape index (κ1) is 11.3. The SMILES string of the molecule is CC(C)(C)OC(=O)NN1CCOCC1. The second kappa shape index (κ2) is 4.61. The average molecular weight is 202 g/mol. The molecule has 0 aromatic rings. The minimum Gasteiger partial charge on any atom is -0.443 e. The first-order chi connectivity index (χ1) is 6.47. The van der Waals surface area contributed by atoms with Crippen LogP contribution in [0.1, 0.15) is 20.8 Å². The number of nitrogens with zero attached hydrogens (tertiary/aromatic N) is 1. The molecular weight excluding hydrogens is 184 g/mol. The number of amides is 1. The number of hydrogen-bond acceptors (Lipinski definition) is 4. The highest BCUT2D eigenvalue weighted by molar-refractivity contribution is 5.67. The zero-order chi connectivity index (χ0) is 10.6. The summed E-state index contributed by atoms with van der Waals surface area (Å²) in [6, 6.07) is 0. The smallest absolute Gasteiger partial charge is 0.422 e. The maximum atomic E-state index is 11.3. The molecule has 0 aromatic carbocycles. The van der Waals surface area contributed by atoms with Gasteiger partial charge in [0.15, 0.2) is 0 Å². The van der Waals surface area contributed by atoms with E-state index < -0.39 is 11.7 Å². The van der Waals surface area contributed by atoms with Gasteiger partial charge in [-0.15, -0.1) is 0 Å². The third-order valence-corrected chi connectivity index (χ3v) is 1.66. The lowest BCUT2D eigenvalue weighted by Gasteiger charge is -2.28. The van der Waals surface area contributed by atoms with Gasteiger partial charge in [0.05, 0.1) is 13.2 Å². The second-order valence-electron chi connectivity index (χ2n) is 4.21. The Morgan fingerprint density at radius 2 is 1.93 bits per heavy atom. The predicted octanol–water partition coefficient (Wildman–Crippen LogP) is 0.758. The van der Waals surface area contributed by atoms with Crippen molar-refractivity contribution < 1.29 is 14.3 Å². The fourth-order valence-corrected chi connectivity index (χ4v) is 1.11. The van der Waals surface area contributed by atoms with Gasteiger partial charge in [0.2, 0.25) is 0 Å². The summed E-state index contributed by atoms with van der Waals surface area (Å²) in [5.41, 5.74) is 2.22.